The standard InChI is InChI=1S/C14H17ClO5S/c1-21(18,19)11-4-2-3-10(8-11)20-13-6-5-9(14(16)17)7-12(13)15/h5-7,10-11H,2-4,8H2,1H3,(H,16,17). The summed E-state index contributed by atoms with van der Waals surface area (Å²) < 4.78 is 29.0. The summed E-state index contributed by atoms with van der Waals surface area (Å²) in [6.45, 7) is 0. The van der Waals surface area contributed by atoms with Crippen molar-refractivity contribution >= 4 is 27.4 Å². The summed E-state index contributed by atoms with van der Waals surface area (Å²) in [6.07, 6.45) is 3.68. The van der Waals surface area contributed by atoms with Gasteiger partial charge in [0.1, 0.15) is 21.7 Å². The fourth-order valence-corrected chi connectivity index (χ4v) is 3.89. The Kier molecular flexibility index (Phi) is 4.78. The maximum absolute atomic E-state index is 11.6. The Hall–Kier alpha value is -1.27. The second-order valence-electron chi connectivity index (χ2n) is 5.31. The summed E-state index contributed by atoms with van der Waals surface area (Å²) in [5.41, 5.74) is 0.0880. The molecular formula is C14H17ClO5S. The number of rotatable bonds is 4. The van der Waals surface area contributed by atoms with Crippen molar-refractivity contribution in [2.75, 3.05) is 6.26 Å². The first-order valence-corrected chi connectivity index (χ1v) is 8.99. The van der Waals surface area contributed by atoms with E-state index < -0.39 is 15.8 Å². The number of halogens is 1. The molecule has 2 unspecified atom stereocenters. The van der Waals surface area contributed by atoms with Gasteiger partial charge in [0.05, 0.1) is 15.8 Å². The molecule has 0 aliphatic heterocycles. The van der Waals surface area contributed by atoms with E-state index in [0.717, 1.165) is 12.8 Å². The van der Waals surface area contributed by atoms with E-state index in [1.807, 2.05) is 0 Å². The molecule has 7 heteroatoms. The smallest absolute Gasteiger partial charge is 0.335 e. The quantitative estimate of drug-likeness (QED) is 0.917. The van der Waals surface area contributed by atoms with Crippen LogP contribution in [0.15, 0.2) is 18.2 Å². The number of carboxylic acid groups (broad SMARTS) is 1. The van der Waals surface area contributed by atoms with E-state index in [2.05, 4.69) is 0 Å². The van der Waals surface area contributed by atoms with Gasteiger partial charge in [0.25, 0.3) is 0 Å². The molecule has 1 aromatic rings. The zero-order valence-electron chi connectivity index (χ0n) is 11.6. The second-order valence-corrected chi connectivity index (χ2v) is 8.04. The number of sulfone groups is 1. The minimum absolute atomic E-state index is 0.0880. The molecule has 0 saturated heterocycles. The van der Waals surface area contributed by atoms with Gasteiger partial charge in [-0.15, -0.1) is 0 Å². The molecular weight excluding hydrogens is 316 g/mol. The molecule has 2 atom stereocenters. The Morgan fingerprint density at radius 3 is 2.67 bits per heavy atom. The molecule has 0 bridgehead atoms. The topological polar surface area (TPSA) is 80.7 Å². The van der Waals surface area contributed by atoms with E-state index >= 15 is 0 Å². The molecule has 1 fully saturated rings. The Morgan fingerprint density at radius 2 is 2.10 bits per heavy atom. The summed E-state index contributed by atoms with van der Waals surface area (Å²) in [6, 6.07) is 4.26. The van der Waals surface area contributed by atoms with Gasteiger partial charge in [0, 0.05) is 12.7 Å². The lowest BCUT2D eigenvalue weighted by Gasteiger charge is -2.28. The third-order valence-electron chi connectivity index (χ3n) is 3.66. The third kappa shape index (κ3) is 4.11. The first-order chi connectivity index (χ1) is 9.77. The van der Waals surface area contributed by atoms with Gasteiger partial charge < -0.3 is 9.84 Å². The minimum Gasteiger partial charge on any atom is -0.489 e. The van der Waals surface area contributed by atoms with Crippen LogP contribution in [0.3, 0.4) is 0 Å². The fraction of sp³-hybridized carbons (Fsp3) is 0.500. The van der Waals surface area contributed by atoms with Gasteiger partial charge in [-0.2, -0.15) is 0 Å². The van der Waals surface area contributed by atoms with Crippen molar-refractivity contribution in [1.82, 2.24) is 0 Å². The van der Waals surface area contributed by atoms with Crippen molar-refractivity contribution in [3.63, 3.8) is 0 Å². The molecule has 0 aromatic heterocycles. The molecule has 0 radical (unpaired) electrons. The summed E-state index contributed by atoms with van der Waals surface area (Å²) in [7, 11) is -3.07. The Bertz CT molecular complexity index is 641. The van der Waals surface area contributed by atoms with Gasteiger partial charge >= 0.3 is 5.97 Å². The Labute approximate surface area is 128 Å². The zero-order valence-corrected chi connectivity index (χ0v) is 13.2. The number of hydrogen-bond acceptors (Lipinski definition) is 4. The molecule has 0 spiro atoms. The lowest BCUT2D eigenvalue weighted by molar-refractivity contribution is 0.0696. The Morgan fingerprint density at radius 1 is 1.38 bits per heavy atom. The molecule has 1 aliphatic rings. The summed E-state index contributed by atoms with van der Waals surface area (Å²) >= 11 is 6.01. The van der Waals surface area contributed by atoms with Gasteiger partial charge in [-0.25, -0.2) is 13.2 Å². The lowest BCUT2D eigenvalue weighted by Crippen LogP contribution is -2.33. The van der Waals surface area contributed by atoms with E-state index in [9.17, 15) is 13.2 Å². The summed E-state index contributed by atoms with van der Waals surface area (Å²) in [5, 5.41) is 8.72. The van der Waals surface area contributed by atoms with Gasteiger partial charge in [0.2, 0.25) is 0 Å². The average molecular weight is 333 g/mol. The third-order valence-corrected chi connectivity index (χ3v) is 5.59. The number of carboxylic acids is 1. The number of hydrogen-bond donors (Lipinski definition) is 1. The largest absolute Gasteiger partial charge is 0.489 e. The highest BCUT2D eigenvalue weighted by Crippen LogP contribution is 2.31. The predicted molar refractivity (Wildman–Crippen MR) is 79.9 cm³/mol. The zero-order chi connectivity index (χ0) is 15.6. The summed E-state index contributed by atoms with van der Waals surface area (Å²) in [4.78, 5) is 10.8. The van der Waals surface area contributed by atoms with Crippen molar-refractivity contribution < 1.29 is 23.1 Å². The van der Waals surface area contributed by atoms with Crippen LogP contribution in [0, 0.1) is 0 Å². The minimum atomic E-state index is -3.07. The first-order valence-electron chi connectivity index (χ1n) is 6.65. The van der Waals surface area contributed by atoms with Gasteiger partial charge in [0.15, 0.2) is 0 Å². The van der Waals surface area contributed by atoms with Crippen LogP contribution >= 0.6 is 11.6 Å². The van der Waals surface area contributed by atoms with Crippen molar-refractivity contribution in [3.8, 4) is 5.75 Å². The van der Waals surface area contributed by atoms with E-state index in [1.54, 1.807) is 0 Å². The maximum atomic E-state index is 11.6. The van der Waals surface area contributed by atoms with E-state index in [4.69, 9.17) is 21.4 Å². The number of ether oxygens (including phenoxy) is 1. The van der Waals surface area contributed by atoms with Gasteiger partial charge in [-0.1, -0.05) is 11.6 Å². The van der Waals surface area contributed by atoms with Crippen molar-refractivity contribution in [2.24, 2.45) is 0 Å². The number of aromatic carboxylic acids is 1. The molecule has 0 heterocycles. The van der Waals surface area contributed by atoms with E-state index in [1.165, 1.54) is 24.5 Å². The maximum Gasteiger partial charge on any atom is 0.335 e. The first kappa shape index (κ1) is 16.1. The Balaban J connectivity index is 2.09. The van der Waals surface area contributed by atoms with E-state index in [-0.39, 0.29) is 21.9 Å². The highest BCUT2D eigenvalue weighted by Gasteiger charge is 2.30. The fourth-order valence-electron chi connectivity index (χ4n) is 2.51. The molecule has 1 aromatic carbocycles. The van der Waals surface area contributed by atoms with Crippen LogP contribution < -0.4 is 4.74 Å². The van der Waals surface area contributed by atoms with Crippen LogP contribution in [0.25, 0.3) is 0 Å². The molecule has 5 nitrogen and oxygen atoms in total. The molecule has 116 valence electrons. The molecule has 21 heavy (non-hydrogen) atoms. The van der Waals surface area contributed by atoms with E-state index in [0.29, 0.717) is 18.6 Å². The molecule has 1 saturated carbocycles. The van der Waals surface area contributed by atoms with Crippen LogP contribution in [0.2, 0.25) is 5.02 Å². The number of carbonyl (C=O) groups is 1. The van der Waals surface area contributed by atoms with Crippen LogP contribution in [-0.4, -0.2) is 37.1 Å². The van der Waals surface area contributed by atoms with Crippen molar-refractivity contribution in [2.45, 2.75) is 37.0 Å². The summed E-state index contributed by atoms with van der Waals surface area (Å²) in [5.74, 6) is -0.668. The van der Waals surface area contributed by atoms with Crippen molar-refractivity contribution in [3.05, 3.63) is 28.8 Å². The lowest BCUT2D eigenvalue weighted by atomic mass is 9.97. The molecule has 2 rings (SSSR count). The van der Waals surface area contributed by atoms with Gasteiger partial charge in [-0.05, 0) is 37.5 Å². The van der Waals surface area contributed by atoms with Crippen LogP contribution in [0.5, 0.6) is 5.75 Å². The predicted octanol–water partition coefficient (Wildman–Crippen LogP) is 2.77. The SMILES string of the molecule is CS(=O)(=O)C1CCCC(Oc2ccc(C(=O)O)cc2Cl)C1. The van der Waals surface area contributed by atoms with Crippen molar-refractivity contribution in [1.29, 1.82) is 0 Å². The van der Waals surface area contributed by atoms with Crippen LogP contribution in [0.4, 0.5) is 0 Å². The molecule has 1 N–H and O–H groups in total. The average Bonchev–Trinajstić information content (AvgIpc) is 2.40. The van der Waals surface area contributed by atoms with Gasteiger partial charge in [-0.3, -0.25) is 0 Å². The number of benzene rings is 1. The molecule has 0 amide bonds. The highest BCUT2D eigenvalue weighted by atomic mass is 35.5. The van der Waals surface area contributed by atoms with Crippen LogP contribution in [-0.2, 0) is 9.84 Å². The molecule has 1 aliphatic carbocycles. The van der Waals surface area contributed by atoms with Crippen LogP contribution in [0.1, 0.15) is 36.0 Å². The normalized spacial score (nSPS) is 22.8. The highest BCUT2D eigenvalue weighted by molar-refractivity contribution is 7.91. The monoisotopic (exact) mass is 332 g/mol. The second kappa shape index (κ2) is 6.23.